The molecule has 1 heterocycles. The van der Waals surface area contributed by atoms with Crippen LogP contribution >= 0.6 is 11.3 Å². The highest BCUT2D eigenvalue weighted by molar-refractivity contribution is 7.13. The summed E-state index contributed by atoms with van der Waals surface area (Å²) in [5, 5.41) is 5.02. The van der Waals surface area contributed by atoms with Crippen molar-refractivity contribution in [3.8, 4) is 10.4 Å². The standard InChI is InChI=1S/C16H12S/c1-2-4-13-11(3-1)5-8-15-14(13)7-6-12-9-10-17-16(12)15/h1-5,8-10H,6-7H2. The molecule has 1 aliphatic carbocycles. The van der Waals surface area contributed by atoms with Crippen molar-refractivity contribution in [3.63, 3.8) is 0 Å². The molecule has 0 atom stereocenters. The Morgan fingerprint density at radius 2 is 1.82 bits per heavy atom. The van der Waals surface area contributed by atoms with E-state index < -0.39 is 0 Å². The van der Waals surface area contributed by atoms with Gasteiger partial charge in [0.25, 0.3) is 0 Å². The van der Waals surface area contributed by atoms with Crippen LogP contribution in [0.25, 0.3) is 21.2 Å². The van der Waals surface area contributed by atoms with Gasteiger partial charge in [0.2, 0.25) is 0 Å². The molecule has 3 aromatic rings. The van der Waals surface area contributed by atoms with Crippen molar-refractivity contribution in [2.45, 2.75) is 12.8 Å². The van der Waals surface area contributed by atoms with Crippen molar-refractivity contribution in [1.29, 1.82) is 0 Å². The van der Waals surface area contributed by atoms with Crippen LogP contribution in [-0.2, 0) is 12.8 Å². The van der Waals surface area contributed by atoms with Crippen LogP contribution < -0.4 is 0 Å². The fourth-order valence-electron chi connectivity index (χ4n) is 2.85. The number of rotatable bonds is 0. The van der Waals surface area contributed by atoms with E-state index in [2.05, 4.69) is 47.8 Å². The van der Waals surface area contributed by atoms with Gasteiger partial charge in [0.15, 0.2) is 0 Å². The molecule has 0 radical (unpaired) electrons. The molecule has 2 aromatic carbocycles. The van der Waals surface area contributed by atoms with Gasteiger partial charge in [-0.2, -0.15) is 0 Å². The molecule has 0 bridgehead atoms. The third-order valence-corrected chi connectivity index (χ3v) is 4.67. The maximum absolute atomic E-state index is 2.30. The third-order valence-electron chi connectivity index (χ3n) is 3.68. The fourth-order valence-corrected chi connectivity index (χ4v) is 3.85. The number of hydrogen-bond donors (Lipinski definition) is 0. The molecule has 0 unspecified atom stereocenters. The molecule has 0 N–H and O–H groups in total. The van der Waals surface area contributed by atoms with Gasteiger partial charge >= 0.3 is 0 Å². The topological polar surface area (TPSA) is 0 Å². The second kappa shape index (κ2) is 3.44. The van der Waals surface area contributed by atoms with Crippen LogP contribution in [0.4, 0.5) is 0 Å². The molecule has 0 nitrogen and oxygen atoms in total. The summed E-state index contributed by atoms with van der Waals surface area (Å²) < 4.78 is 0. The monoisotopic (exact) mass is 236 g/mol. The average molecular weight is 236 g/mol. The van der Waals surface area contributed by atoms with Crippen LogP contribution in [-0.4, -0.2) is 0 Å². The van der Waals surface area contributed by atoms with E-state index >= 15 is 0 Å². The van der Waals surface area contributed by atoms with Crippen LogP contribution in [0, 0.1) is 0 Å². The summed E-state index contributed by atoms with van der Waals surface area (Å²) in [7, 11) is 0. The van der Waals surface area contributed by atoms with Crippen molar-refractivity contribution in [3.05, 3.63) is 59.0 Å². The smallest absolute Gasteiger partial charge is 0.0377 e. The molecule has 82 valence electrons. The quantitative estimate of drug-likeness (QED) is 0.532. The van der Waals surface area contributed by atoms with Gasteiger partial charge in [0, 0.05) is 4.88 Å². The van der Waals surface area contributed by atoms with Crippen molar-refractivity contribution in [1.82, 2.24) is 0 Å². The minimum absolute atomic E-state index is 1.18. The molecule has 4 rings (SSSR count). The summed E-state index contributed by atoms with van der Waals surface area (Å²) in [5.74, 6) is 0. The zero-order valence-corrected chi connectivity index (χ0v) is 10.3. The van der Waals surface area contributed by atoms with Gasteiger partial charge in [-0.1, -0.05) is 36.4 Å². The van der Waals surface area contributed by atoms with Crippen molar-refractivity contribution < 1.29 is 0 Å². The van der Waals surface area contributed by atoms with Crippen LogP contribution in [0.15, 0.2) is 47.8 Å². The van der Waals surface area contributed by atoms with Gasteiger partial charge < -0.3 is 0 Å². The van der Waals surface area contributed by atoms with Gasteiger partial charge in [-0.25, -0.2) is 0 Å². The van der Waals surface area contributed by atoms with Crippen LogP contribution in [0.5, 0.6) is 0 Å². The first-order valence-electron chi connectivity index (χ1n) is 6.01. The summed E-state index contributed by atoms with van der Waals surface area (Å²) in [5.41, 5.74) is 4.52. The molecule has 0 amide bonds. The first-order chi connectivity index (χ1) is 8.43. The Hall–Kier alpha value is -1.60. The summed E-state index contributed by atoms with van der Waals surface area (Å²) in [4.78, 5) is 1.48. The number of benzene rings is 2. The number of thiophene rings is 1. The highest BCUT2D eigenvalue weighted by atomic mass is 32.1. The highest BCUT2D eigenvalue weighted by Gasteiger charge is 2.18. The van der Waals surface area contributed by atoms with E-state index in [0.717, 1.165) is 0 Å². The minimum atomic E-state index is 1.18. The molecular formula is C16H12S. The Morgan fingerprint density at radius 3 is 2.82 bits per heavy atom. The first kappa shape index (κ1) is 9.43. The number of hydrogen-bond acceptors (Lipinski definition) is 1. The van der Waals surface area contributed by atoms with Gasteiger partial charge in [0.05, 0.1) is 0 Å². The van der Waals surface area contributed by atoms with Crippen molar-refractivity contribution in [2.24, 2.45) is 0 Å². The van der Waals surface area contributed by atoms with E-state index in [1.54, 1.807) is 0 Å². The lowest BCUT2D eigenvalue weighted by atomic mass is 9.88. The van der Waals surface area contributed by atoms with E-state index in [4.69, 9.17) is 0 Å². The molecule has 1 aromatic heterocycles. The Balaban J connectivity index is 2.11. The van der Waals surface area contributed by atoms with Crippen LogP contribution in [0.3, 0.4) is 0 Å². The molecule has 0 aliphatic heterocycles. The Kier molecular flexibility index (Phi) is 1.91. The van der Waals surface area contributed by atoms with Crippen molar-refractivity contribution in [2.75, 3.05) is 0 Å². The predicted octanol–water partition coefficient (Wildman–Crippen LogP) is 4.67. The maximum atomic E-state index is 2.30. The summed E-state index contributed by atoms with van der Waals surface area (Å²) >= 11 is 1.88. The van der Waals surface area contributed by atoms with E-state index in [1.807, 2.05) is 11.3 Å². The van der Waals surface area contributed by atoms with Crippen LogP contribution in [0.2, 0.25) is 0 Å². The van der Waals surface area contributed by atoms with E-state index in [-0.39, 0.29) is 0 Å². The van der Waals surface area contributed by atoms with E-state index in [0.29, 0.717) is 0 Å². The molecule has 0 saturated carbocycles. The van der Waals surface area contributed by atoms with E-state index in [1.165, 1.54) is 45.2 Å². The van der Waals surface area contributed by atoms with Crippen LogP contribution in [0.1, 0.15) is 11.1 Å². The molecule has 0 spiro atoms. The number of fused-ring (bicyclic) bond motifs is 5. The SMILES string of the molecule is c1ccc2c3c(ccc2c1)-c1sccc1CC3. The van der Waals surface area contributed by atoms with Gasteiger partial charge in [0.1, 0.15) is 0 Å². The molecular weight excluding hydrogens is 224 g/mol. The van der Waals surface area contributed by atoms with Gasteiger partial charge in [-0.15, -0.1) is 11.3 Å². The molecule has 1 aliphatic rings. The minimum Gasteiger partial charge on any atom is -0.144 e. The average Bonchev–Trinajstić information content (AvgIpc) is 2.86. The first-order valence-corrected chi connectivity index (χ1v) is 6.89. The maximum Gasteiger partial charge on any atom is 0.0377 e. The summed E-state index contributed by atoms with van der Waals surface area (Å²) in [6, 6.07) is 15.6. The molecule has 1 heteroatoms. The van der Waals surface area contributed by atoms with E-state index in [9.17, 15) is 0 Å². The Morgan fingerprint density at radius 1 is 0.882 bits per heavy atom. The molecule has 0 fully saturated rings. The largest absolute Gasteiger partial charge is 0.144 e. The normalized spacial score (nSPS) is 13.4. The molecule has 0 saturated heterocycles. The number of aryl methyl sites for hydroxylation is 2. The Bertz CT molecular complexity index is 706. The predicted molar refractivity (Wildman–Crippen MR) is 74.7 cm³/mol. The Labute approximate surface area is 105 Å². The molecule has 17 heavy (non-hydrogen) atoms. The van der Waals surface area contributed by atoms with Gasteiger partial charge in [-0.05, 0) is 51.8 Å². The second-order valence-corrected chi connectivity index (χ2v) is 5.50. The third kappa shape index (κ3) is 1.29. The zero-order chi connectivity index (χ0) is 11.2. The second-order valence-electron chi connectivity index (χ2n) is 4.59. The lowest BCUT2D eigenvalue weighted by Gasteiger charge is -2.18. The highest BCUT2D eigenvalue weighted by Crippen LogP contribution is 2.40. The van der Waals surface area contributed by atoms with Gasteiger partial charge in [-0.3, -0.25) is 0 Å². The summed E-state index contributed by atoms with van der Waals surface area (Å²) in [6.45, 7) is 0. The zero-order valence-electron chi connectivity index (χ0n) is 9.44. The summed E-state index contributed by atoms with van der Waals surface area (Å²) in [6.07, 6.45) is 2.38. The lowest BCUT2D eigenvalue weighted by molar-refractivity contribution is 0.959. The fraction of sp³-hybridized carbons (Fsp3) is 0.125. The van der Waals surface area contributed by atoms with Crippen molar-refractivity contribution >= 4 is 22.1 Å². The lowest BCUT2D eigenvalue weighted by Crippen LogP contribution is -2.01.